The largest absolute Gasteiger partial charge is 0.456 e. The number of furan rings is 1. The van der Waals surface area contributed by atoms with Gasteiger partial charge in [-0.05, 0) is 31.2 Å². The topological polar surface area (TPSA) is 38.9 Å². The smallest absolute Gasteiger partial charge is 0.160 e. The molecule has 0 aliphatic heterocycles. The van der Waals surface area contributed by atoms with Crippen molar-refractivity contribution >= 4 is 21.9 Å². The van der Waals surface area contributed by atoms with Gasteiger partial charge in [0.15, 0.2) is 5.82 Å². The first-order valence-electron chi connectivity index (χ1n) is 10.7. The van der Waals surface area contributed by atoms with E-state index in [0.29, 0.717) is 5.82 Å². The summed E-state index contributed by atoms with van der Waals surface area (Å²) in [6.07, 6.45) is 0. The van der Waals surface area contributed by atoms with Gasteiger partial charge in [-0.1, -0.05) is 84.4 Å². The Hall–Kier alpha value is -4.24. The van der Waals surface area contributed by atoms with E-state index in [0.717, 1.165) is 50.0 Å². The maximum Gasteiger partial charge on any atom is 0.160 e. The molecule has 0 N–H and O–H groups in total. The van der Waals surface area contributed by atoms with Crippen LogP contribution < -0.4 is 0 Å². The van der Waals surface area contributed by atoms with Crippen molar-refractivity contribution in [3.8, 4) is 33.9 Å². The molecule has 2 heterocycles. The molecule has 0 aliphatic carbocycles. The Balaban J connectivity index is 1.65. The third-order valence-electron chi connectivity index (χ3n) is 5.75. The average Bonchev–Trinajstić information content (AvgIpc) is 3.23. The number of hydrogen-bond acceptors (Lipinski definition) is 3. The van der Waals surface area contributed by atoms with Crippen molar-refractivity contribution in [2.24, 2.45) is 0 Å². The van der Waals surface area contributed by atoms with Crippen LogP contribution in [0.5, 0.6) is 0 Å². The van der Waals surface area contributed by atoms with Gasteiger partial charge in [0.2, 0.25) is 0 Å². The number of hydrogen-bond donors (Lipinski definition) is 0. The van der Waals surface area contributed by atoms with Gasteiger partial charge >= 0.3 is 0 Å². The van der Waals surface area contributed by atoms with E-state index in [2.05, 4.69) is 49.4 Å². The lowest BCUT2D eigenvalue weighted by atomic mass is 10.0. The summed E-state index contributed by atoms with van der Waals surface area (Å²) in [6.45, 7) is 2.10. The highest BCUT2D eigenvalue weighted by Gasteiger charge is 2.16. The molecule has 0 unspecified atom stereocenters. The van der Waals surface area contributed by atoms with E-state index in [1.54, 1.807) is 0 Å². The highest BCUT2D eigenvalue weighted by atomic mass is 16.3. The second kappa shape index (κ2) is 7.47. The minimum Gasteiger partial charge on any atom is -0.456 e. The third-order valence-corrected chi connectivity index (χ3v) is 5.75. The molecule has 0 aliphatic rings. The first-order valence-corrected chi connectivity index (χ1v) is 10.7. The van der Waals surface area contributed by atoms with Crippen molar-refractivity contribution in [1.82, 2.24) is 9.97 Å². The summed E-state index contributed by atoms with van der Waals surface area (Å²) in [5, 5.41) is 2.17. The van der Waals surface area contributed by atoms with E-state index in [-0.39, 0.29) is 0 Å². The van der Waals surface area contributed by atoms with Crippen molar-refractivity contribution in [3.63, 3.8) is 0 Å². The van der Waals surface area contributed by atoms with Crippen molar-refractivity contribution in [3.05, 3.63) is 109 Å². The van der Waals surface area contributed by atoms with Crippen LogP contribution >= 0.6 is 0 Å². The molecule has 6 rings (SSSR count). The molecular weight excluding hydrogens is 392 g/mol. The van der Waals surface area contributed by atoms with E-state index >= 15 is 0 Å². The molecule has 0 saturated carbocycles. The SMILES string of the molecule is Cc1cccc(-c2cc(-c3cccc4oc5ccccc5c34)nc(-c3ccccc3)n2)c1. The lowest BCUT2D eigenvalue weighted by molar-refractivity contribution is 0.669. The zero-order valence-electron chi connectivity index (χ0n) is 17.6. The number of para-hydroxylation sites is 1. The second-order valence-electron chi connectivity index (χ2n) is 7.97. The quantitative estimate of drug-likeness (QED) is 0.299. The molecule has 0 bridgehead atoms. The Morgan fingerprint density at radius 3 is 2.19 bits per heavy atom. The number of rotatable bonds is 3. The van der Waals surface area contributed by atoms with Gasteiger partial charge in [0.05, 0.1) is 11.4 Å². The van der Waals surface area contributed by atoms with Crippen LogP contribution in [0.4, 0.5) is 0 Å². The van der Waals surface area contributed by atoms with E-state index in [1.165, 1.54) is 5.56 Å². The number of aryl methyl sites for hydroxylation is 1. The van der Waals surface area contributed by atoms with Crippen LogP contribution in [-0.2, 0) is 0 Å². The van der Waals surface area contributed by atoms with Crippen LogP contribution in [0.1, 0.15) is 5.56 Å². The van der Waals surface area contributed by atoms with Crippen LogP contribution in [0, 0.1) is 6.92 Å². The summed E-state index contributed by atoms with van der Waals surface area (Å²) in [5.74, 6) is 0.712. The maximum atomic E-state index is 6.12. The summed E-state index contributed by atoms with van der Waals surface area (Å²) in [7, 11) is 0. The van der Waals surface area contributed by atoms with Gasteiger partial charge in [0.1, 0.15) is 11.2 Å². The van der Waals surface area contributed by atoms with E-state index in [1.807, 2.05) is 60.7 Å². The molecule has 0 saturated heterocycles. The van der Waals surface area contributed by atoms with Crippen molar-refractivity contribution < 1.29 is 4.42 Å². The monoisotopic (exact) mass is 412 g/mol. The first kappa shape index (κ1) is 18.5. The van der Waals surface area contributed by atoms with Crippen LogP contribution in [0.25, 0.3) is 55.8 Å². The Kier molecular flexibility index (Phi) is 4.32. The Bertz CT molecular complexity index is 1580. The van der Waals surface area contributed by atoms with Crippen molar-refractivity contribution in [1.29, 1.82) is 0 Å². The van der Waals surface area contributed by atoms with Gasteiger partial charge < -0.3 is 4.42 Å². The molecule has 0 fully saturated rings. The number of fused-ring (bicyclic) bond motifs is 3. The molecule has 0 amide bonds. The van der Waals surface area contributed by atoms with E-state index < -0.39 is 0 Å². The summed E-state index contributed by atoms with van der Waals surface area (Å²) in [5.41, 5.74) is 7.84. The molecular formula is C29H20N2O. The van der Waals surface area contributed by atoms with E-state index in [4.69, 9.17) is 14.4 Å². The molecule has 32 heavy (non-hydrogen) atoms. The third kappa shape index (κ3) is 3.15. The van der Waals surface area contributed by atoms with Gasteiger partial charge in [-0.2, -0.15) is 0 Å². The lowest BCUT2D eigenvalue weighted by Gasteiger charge is -2.10. The summed E-state index contributed by atoms with van der Waals surface area (Å²) in [4.78, 5) is 9.94. The molecule has 0 atom stereocenters. The minimum atomic E-state index is 0.712. The molecule has 2 aromatic heterocycles. The Morgan fingerprint density at radius 2 is 1.31 bits per heavy atom. The van der Waals surface area contributed by atoms with Crippen LogP contribution in [-0.4, -0.2) is 9.97 Å². The molecule has 4 aromatic carbocycles. The fourth-order valence-corrected chi connectivity index (χ4v) is 4.24. The minimum absolute atomic E-state index is 0.712. The van der Waals surface area contributed by atoms with Gasteiger partial charge in [0.25, 0.3) is 0 Å². The summed E-state index contributed by atoms with van der Waals surface area (Å²) >= 11 is 0. The van der Waals surface area contributed by atoms with Crippen LogP contribution in [0.3, 0.4) is 0 Å². The number of aromatic nitrogens is 2. The number of nitrogens with zero attached hydrogens (tertiary/aromatic N) is 2. The van der Waals surface area contributed by atoms with Gasteiger partial charge in [-0.25, -0.2) is 9.97 Å². The van der Waals surface area contributed by atoms with E-state index in [9.17, 15) is 0 Å². The summed E-state index contributed by atoms with van der Waals surface area (Å²) in [6, 6.07) is 34.9. The van der Waals surface area contributed by atoms with Crippen LogP contribution in [0.15, 0.2) is 108 Å². The molecule has 3 heteroatoms. The molecule has 0 spiro atoms. The van der Waals surface area contributed by atoms with Crippen molar-refractivity contribution in [2.45, 2.75) is 6.92 Å². The molecule has 3 nitrogen and oxygen atoms in total. The fourth-order valence-electron chi connectivity index (χ4n) is 4.24. The normalized spacial score (nSPS) is 11.3. The molecule has 6 aromatic rings. The zero-order chi connectivity index (χ0) is 21.5. The van der Waals surface area contributed by atoms with Crippen molar-refractivity contribution in [2.75, 3.05) is 0 Å². The lowest BCUT2D eigenvalue weighted by Crippen LogP contribution is -1.96. The molecule has 152 valence electrons. The standard InChI is InChI=1S/C29H20N2O/c1-19-9-7-12-21(17-19)24-18-25(31-29(30-24)20-10-3-2-4-11-20)22-14-8-16-27-28(22)23-13-5-6-15-26(23)32-27/h2-18H,1H3. The van der Waals surface area contributed by atoms with Gasteiger partial charge in [-0.15, -0.1) is 0 Å². The predicted octanol–water partition coefficient (Wildman–Crippen LogP) is 7.69. The Morgan fingerprint density at radius 1 is 0.594 bits per heavy atom. The first-order chi connectivity index (χ1) is 15.8. The van der Waals surface area contributed by atoms with Gasteiger partial charge in [-0.3, -0.25) is 0 Å². The summed E-state index contributed by atoms with van der Waals surface area (Å²) < 4.78 is 6.12. The maximum absolute atomic E-state index is 6.12. The van der Waals surface area contributed by atoms with Gasteiger partial charge in [0, 0.05) is 27.5 Å². The highest BCUT2D eigenvalue weighted by Crippen LogP contribution is 2.37. The predicted molar refractivity (Wildman–Crippen MR) is 130 cm³/mol. The highest BCUT2D eigenvalue weighted by molar-refractivity contribution is 6.12. The Labute approximate surface area is 186 Å². The second-order valence-corrected chi connectivity index (χ2v) is 7.97. The number of benzene rings is 4. The average molecular weight is 412 g/mol. The zero-order valence-corrected chi connectivity index (χ0v) is 17.6. The fraction of sp³-hybridized carbons (Fsp3) is 0.0345. The molecule has 0 radical (unpaired) electrons. The van der Waals surface area contributed by atoms with Crippen LogP contribution in [0.2, 0.25) is 0 Å².